The first-order valence-electron chi connectivity index (χ1n) is 11.4. The molecule has 2 aromatic carbocycles. The SMILES string of the molecule is CCC(C)CCCOc1ccc(SSc2ccc(OCCCC(C)CC)cc2)cc1. The van der Waals surface area contributed by atoms with Crippen molar-refractivity contribution in [3.8, 4) is 11.5 Å². The highest BCUT2D eigenvalue weighted by Gasteiger charge is 2.03. The highest BCUT2D eigenvalue weighted by Crippen LogP contribution is 2.38. The molecule has 2 unspecified atom stereocenters. The molecule has 4 heteroatoms. The largest absolute Gasteiger partial charge is 0.494 e. The lowest BCUT2D eigenvalue weighted by atomic mass is 10.0. The number of ether oxygens (including phenoxy) is 2. The van der Waals surface area contributed by atoms with Gasteiger partial charge in [0.15, 0.2) is 0 Å². The molecular formula is C26H38O2S2. The van der Waals surface area contributed by atoms with Gasteiger partial charge in [-0.2, -0.15) is 0 Å². The van der Waals surface area contributed by atoms with Crippen LogP contribution < -0.4 is 9.47 Å². The Bertz CT molecular complexity index is 624. The zero-order valence-electron chi connectivity index (χ0n) is 19.1. The molecule has 0 heterocycles. The fourth-order valence-corrected chi connectivity index (χ4v) is 4.86. The lowest BCUT2D eigenvalue weighted by molar-refractivity contribution is 0.293. The summed E-state index contributed by atoms with van der Waals surface area (Å²) < 4.78 is 11.7. The Morgan fingerprint density at radius 1 is 0.633 bits per heavy atom. The highest BCUT2D eigenvalue weighted by molar-refractivity contribution is 8.76. The van der Waals surface area contributed by atoms with Crippen LogP contribution in [0.3, 0.4) is 0 Å². The first-order valence-corrected chi connectivity index (χ1v) is 13.6. The molecule has 30 heavy (non-hydrogen) atoms. The minimum Gasteiger partial charge on any atom is -0.494 e. The summed E-state index contributed by atoms with van der Waals surface area (Å²) >= 11 is 0. The second-order valence-electron chi connectivity index (χ2n) is 8.12. The fourth-order valence-electron chi connectivity index (χ4n) is 2.93. The van der Waals surface area contributed by atoms with Crippen LogP contribution in [0.4, 0.5) is 0 Å². The second-order valence-corrected chi connectivity index (χ2v) is 10.4. The Labute approximate surface area is 191 Å². The van der Waals surface area contributed by atoms with E-state index in [1.165, 1.54) is 35.5 Å². The maximum atomic E-state index is 5.86. The molecule has 0 N–H and O–H groups in total. The van der Waals surface area contributed by atoms with Crippen molar-refractivity contribution in [2.45, 2.75) is 76.0 Å². The van der Waals surface area contributed by atoms with E-state index in [0.717, 1.165) is 49.4 Å². The summed E-state index contributed by atoms with van der Waals surface area (Å²) in [5, 5.41) is 0. The monoisotopic (exact) mass is 446 g/mol. The zero-order valence-corrected chi connectivity index (χ0v) is 20.7. The van der Waals surface area contributed by atoms with Crippen molar-refractivity contribution in [3.63, 3.8) is 0 Å². The van der Waals surface area contributed by atoms with Crippen LogP contribution in [0, 0.1) is 11.8 Å². The van der Waals surface area contributed by atoms with Crippen LogP contribution in [0.2, 0.25) is 0 Å². The molecule has 0 aromatic heterocycles. The lowest BCUT2D eigenvalue weighted by Crippen LogP contribution is -2.00. The summed E-state index contributed by atoms with van der Waals surface area (Å²) in [4.78, 5) is 2.47. The van der Waals surface area contributed by atoms with E-state index >= 15 is 0 Å². The van der Waals surface area contributed by atoms with Gasteiger partial charge in [-0.15, -0.1) is 0 Å². The van der Waals surface area contributed by atoms with Gasteiger partial charge in [0.05, 0.1) is 13.2 Å². The Kier molecular flexibility index (Phi) is 12.2. The quantitative estimate of drug-likeness (QED) is 0.201. The summed E-state index contributed by atoms with van der Waals surface area (Å²) in [5.74, 6) is 3.51. The van der Waals surface area contributed by atoms with Crippen molar-refractivity contribution in [1.82, 2.24) is 0 Å². The van der Waals surface area contributed by atoms with Crippen molar-refractivity contribution < 1.29 is 9.47 Å². The predicted octanol–water partition coefficient (Wildman–Crippen LogP) is 8.90. The van der Waals surface area contributed by atoms with Crippen molar-refractivity contribution >= 4 is 21.6 Å². The van der Waals surface area contributed by atoms with Crippen LogP contribution >= 0.6 is 21.6 Å². The van der Waals surface area contributed by atoms with Gasteiger partial charge in [0.1, 0.15) is 11.5 Å². The van der Waals surface area contributed by atoms with Crippen LogP contribution in [-0.2, 0) is 0 Å². The normalized spacial score (nSPS) is 13.1. The third-order valence-electron chi connectivity index (χ3n) is 5.50. The maximum Gasteiger partial charge on any atom is 0.119 e. The van der Waals surface area contributed by atoms with Gasteiger partial charge in [-0.05, 0) is 86.1 Å². The molecule has 0 fully saturated rings. The topological polar surface area (TPSA) is 18.5 Å². The summed E-state index contributed by atoms with van der Waals surface area (Å²) in [7, 11) is 3.54. The van der Waals surface area contributed by atoms with E-state index in [4.69, 9.17) is 9.47 Å². The molecule has 0 spiro atoms. The van der Waals surface area contributed by atoms with Crippen molar-refractivity contribution in [2.24, 2.45) is 11.8 Å². The third kappa shape index (κ3) is 10.2. The minimum atomic E-state index is 0.791. The van der Waals surface area contributed by atoms with Crippen LogP contribution in [0.1, 0.15) is 66.2 Å². The van der Waals surface area contributed by atoms with Gasteiger partial charge in [-0.1, -0.05) is 62.1 Å². The Morgan fingerprint density at radius 3 is 1.33 bits per heavy atom. The average molecular weight is 447 g/mol. The molecular weight excluding hydrogens is 408 g/mol. The Morgan fingerprint density at radius 2 is 1.00 bits per heavy atom. The van der Waals surface area contributed by atoms with E-state index in [9.17, 15) is 0 Å². The summed E-state index contributed by atoms with van der Waals surface area (Å²) in [6.45, 7) is 10.7. The Hall–Kier alpha value is -1.26. The van der Waals surface area contributed by atoms with E-state index in [0.29, 0.717) is 0 Å². The smallest absolute Gasteiger partial charge is 0.119 e. The Balaban J connectivity index is 1.66. The van der Waals surface area contributed by atoms with Crippen LogP contribution in [-0.4, -0.2) is 13.2 Å². The minimum absolute atomic E-state index is 0.791. The molecule has 0 bridgehead atoms. The van der Waals surface area contributed by atoms with Crippen LogP contribution in [0.5, 0.6) is 11.5 Å². The predicted molar refractivity (Wildman–Crippen MR) is 133 cm³/mol. The molecule has 2 atom stereocenters. The molecule has 0 saturated heterocycles. The van der Waals surface area contributed by atoms with Gasteiger partial charge in [0.25, 0.3) is 0 Å². The van der Waals surface area contributed by atoms with Gasteiger partial charge in [-0.3, -0.25) is 0 Å². The van der Waals surface area contributed by atoms with E-state index in [1.807, 2.05) is 0 Å². The maximum absolute atomic E-state index is 5.86. The number of benzene rings is 2. The molecule has 0 amide bonds. The number of rotatable bonds is 15. The van der Waals surface area contributed by atoms with Crippen LogP contribution in [0.25, 0.3) is 0 Å². The average Bonchev–Trinajstić information content (AvgIpc) is 2.79. The molecule has 2 aromatic rings. The van der Waals surface area contributed by atoms with E-state index < -0.39 is 0 Å². The molecule has 0 saturated carbocycles. The van der Waals surface area contributed by atoms with Crippen molar-refractivity contribution in [3.05, 3.63) is 48.5 Å². The van der Waals surface area contributed by atoms with E-state index in [2.05, 4.69) is 76.2 Å². The number of hydrogen-bond acceptors (Lipinski definition) is 4. The van der Waals surface area contributed by atoms with Crippen molar-refractivity contribution in [1.29, 1.82) is 0 Å². The van der Waals surface area contributed by atoms with E-state index in [1.54, 1.807) is 21.6 Å². The zero-order chi connectivity index (χ0) is 21.6. The van der Waals surface area contributed by atoms with Crippen LogP contribution in [0.15, 0.2) is 58.3 Å². The fraction of sp³-hybridized carbons (Fsp3) is 0.538. The molecule has 2 nitrogen and oxygen atoms in total. The summed E-state index contributed by atoms with van der Waals surface area (Å²) in [6, 6.07) is 16.8. The molecule has 0 aliphatic carbocycles. The molecule has 2 rings (SSSR count). The van der Waals surface area contributed by atoms with Crippen molar-refractivity contribution in [2.75, 3.05) is 13.2 Å². The summed E-state index contributed by atoms with van der Waals surface area (Å²) in [6.07, 6.45) is 7.22. The molecule has 166 valence electrons. The standard InChI is InChI=1S/C26H38O2S2/c1-5-21(3)9-7-19-27-23-11-15-25(16-12-23)29-30-26-17-13-24(14-18-26)28-20-8-10-22(4)6-2/h11-18,21-22H,5-10,19-20H2,1-4H3. The van der Waals surface area contributed by atoms with Gasteiger partial charge in [0, 0.05) is 9.79 Å². The van der Waals surface area contributed by atoms with Gasteiger partial charge in [0.2, 0.25) is 0 Å². The first kappa shape index (κ1) is 25.0. The number of hydrogen-bond donors (Lipinski definition) is 0. The molecule has 0 aliphatic heterocycles. The lowest BCUT2D eigenvalue weighted by Gasteiger charge is -2.10. The third-order valence-corrected chi connectivity index (χ3v) is 7.91. The molecule has 0 aliphatic rings. The second kappa shape index (κ2) is 14.7. The highest BCUT2D eigenvalue weighted by atomic mass is 33.1. The van der Waals surface area contributed by atoms with Gasteiger partial charge >= 0.3 is 0 Å². The summed E-state index contributed by atoms with van der Waals surface area (Å²) in [5.41, 5.74) is 0. The van der Waals surface area contributed by atoms with E-state index in [-0.39, 0.29) is 0 Å². The molecule has 0 radical (unpaired) electrons. The van der Waals surface area contributed by atoms with Gasteiger partial charge < -0.3 is 9.47 Å². The first-order chi connectivity index (χ1) is 14.6. The van der Waals surface area contributed by atoms with Gasteiger partial charge in [-0.25, -0.2) is 0 Å².